The lowest BCUT2D eigenvalue weighted by molar-refractivity contribution is -0.189. The first kappa shape index (κ1) is 15.8. The first-order valence-corrected chi connectivity index (χ1v) is 8.00. The van der Waals surface area contributed by atoms with Gasteiger partial charge in [0.05, 0.1) is 5.92 Å². The minimum Gasteiger partial charge on any atom is -0.307 e. The van der Waals surface area contributed by atoms with Gasteiger partial charge in [-0.3, -0.25) is 0 Å². The van der Waals surface area contributed by atoms with E-state index in [-0.39, 0.29) is 12.5 Å². The number of hydrogen-bond acceptors (Lipinski definition) is 2. The highest BCUT2D eigenvalue weighted by molar-refractivity contribution is 7.12. The van der Waals surface area contributed by atoms with Gasteiger partial charge >= 0.3 is 6.18 Å². The topological polar surface area (TPSA) is 12.0 Å². The molecule has 2 rings (SSSR count). The van der Waals surface area contributed by atoms with E-state index in [1.54, 1.807) is 11.3 Å². The lowest BCUT2D eigenvalue weighted by Gasteiger charge is -2.35. The Bertz CT molecular complexity index is 452. The highest BCUT2D eigenvalue weighted by atomic mass is 32.1. The van der Waals surface area contributed by atoms with E-state index in [1.165, 1.54) is 9.75 Å². The quantitative estimate of drug-likeness (QED) is 0.815. The molecule has 0 amide bonds. The molecule has 0 bridgehead atoms. The van der Waals surface area contributed by atoms with Crippen molar-refractivity contribution in [2.75, 3.05) is 0 Å². The predicted molar refractivity (Wildman–Crippen MR) is 77.1 cm³/mol. The van der Waals surface area contributed by atoms with Crippen LogP contribution in [0.15, 0.2) is 6.07 Å². The summed E-state index contributed by atoms with van der Waals surface area (Å²) < 4.78 is 39.3. The molecule has 1 N–H and O–H groups in total. The van der Waals surface area contributed by atoms with Crippen LogP contribution in [0.2, 0.25) is 0 Å². The molecule has 0 unspecified atom stereocenters. The van der Waals surface area contributed by atoms with Crippen molar-refractivity contribution >= 4 is 11.3 Å². The Hall–Kier alpha value is -0.550. The van der Waals surface area contributed by atoms with Crippen molar-refractivity contribution in [3.63, 3.8) is 0 Å². The van der Waals surface area contributed by atoms with Gasteiger partial charge in [0.25, 0.3) is 0 Å². The Morgan fingerprint density at radius 3 is 2.45 bits per heavy atom. The lowest BCUT2D eigenvalue weighted by atomic mass is 9.83. The van der Waals surface area contributed by atoms with Gasteiger partial charge in [-0.15, -0.1) is 11.3 Å². The van der Waals surface area contributed by atoms with Crippen molar-refractivity contribution in [3.8, 4) is 0 Å². The van der Waals surface area contributed by atoms with Gasteiger partial charge in [-0.05, 0) is 45.2 Å². The molecule has 0 saturated heterocycles. The van der Waals surface area contributed by atoms with Crippen molar-refractivity contribution in [1.29, 1.82) is 0 Å². The first-order valence-electron chi connectivity index (χ1n) is 7.18. The number of halogens is 3. The Kier molecular flexibility index (Phi) is 4.80. The summed E-state index contributed by atoms with van der Waals surface area (Å²) >= 11 is 1.70. The second-order valence-electron chi connectivity index (χ2n) is 5.80. The SMILES string of the molecule is Cc1cc([C@H](C)N[C@@H]2CCCC[C@@H]2C(F)(F)F)c(C)s1. The molecule has 1 saturated carbocycles. The summed E-state index contributed by atoms with van der Waals surface area (Å²) in [7, 11) is 0. The van der Waals surface area contributed by atoms with Gasteiger partial charge in [0.2, 0.25) is 0 Å². The van der Waals surface area contributed by atoms with Gasteiger partial charge in [0.1, 0.15) is 0 Å². The molecular formula is C15H22F3NS. The molecule has 1 fully saturated rings. The first-order chi connectivity index (χ1) is 9.29. The van der Waals surface area contributed by atoms with E-state index in [4.69, 9.17) is 0 Å². The largest absolute Gasteiger partial charge is 0.393 e. The second kappa shape index (κ2) is 6.06. The molecule has 1 nitrogen and oxygen atoms in total. The monoisotopic (exact) mass is 305 g/mol. The van der Waals surface area contributed by atoms with Crippen LogP contribution in [0.4, 0.5) is 13.2 Å². The van der Waals surface area contributed by atoms with E-state index in [9.17, 15) is 13.2 Å². The van der Waals surface area contributed by atoms with Crippen LogP contribution in [-0.2, 0) is 0 Å². The zero-order valence-corrected chi connectivity index (χ0v) is 13.0. The number of rotatable bonds is 3. The summed E-state index contributed by atoms with van der Waals surface area (Å²) in [6.07, 6.45) is -1.63. The maximum atomic E-state index is 13.1. The van der Waals surface area contributed by atoms with Crippen LogP contribution in [0, 0.1) is 19.8 Å². The Balaban J connectivity index is 2.09. The second-order valence-corrected chi connectivity index (χ2v) is 7.26. The van der Waals surface area contributed by atoms with Crippen molar-refractivity contribution in [3.05, 3.63) is 21.4 Å². The third-order valence-corrected chi connectivity index (χ3v) is 5.18. The van der Waals surface area contributed by atoms with Crippen molar-refractivity contribution in [2.45, 2.75) is 64.7 Å². The summed E-state index contributed by atoms with van der Waals surface area (Å²) in [6.45, 7) is 6.04. The summed E-state index contributed by atoms with van der Waals surface area (Å²) in [5, 5.41) is 3.23. The van der Waals surface area contributed by atoms with Crippen molar-refractivity contribution in [1.82, 2.24) is 5.32 Å². The third kappa shape index (κ3) is 3.55. The Morgan fingerprint density at radius 2 is 1.90 bits per heavy atom. The minimum atomic E-state index is -4.09. The average Bonchev–Trinajstić information content (AvgIpc) is 2.68. The summed E-state index contributed by atoms with van der Waals surface area (Å²) in [4.78, 5) is 2.41. The van der Waals surface area contributed by atoms with Gasteiger partial charge in [-0.1, -0.05) is 12.8 Å². The van der Waals surface area contributed by atoms with Gasteiger partial charge in [-0.2, -0.15) is 13.2 Å². The molecule has 3 atom stereocenters. The molecule has 0 aliphatic heterocycles. The Morgan fingerprint density at radius 1 is 1.25 bits per heavy atom. The van der Waals surface area contributed by atoms with Gasteiger partial charge in [-0.25, -0.2) is 0 Å². The van der Waals surface area contributed by atoms with Crippen LogP contribution in [0.1, 0.15) is 54.0 Å². The number of alkyl halides is 3. The smallest absolute Gasteiger partial charge is 0.307 e. The zero-order valence-electron chi connectivity index (χ0n) is 12.2. The van der Waals surface area contributed by atoms with Crippen LogP contribution < -0.4 is 5.32 Å². The van der Waals surface area contributed by atoms with E-state index in [0.717, 1.165) is 12.0 Å². The molecular weight excluding hydrogens is 283 g/mol. The van der Waals surface area contributed by atoms with Crippen molar-refractivity contribution < 1.29 is 13.2 Å². The summed E-state index contributed by atoms with van der Waals surface area (Å²) in [5.41, 5.74) is 1.14. The summed E-state index contributed by atoms with van der Waals surface area (Å²) in [5.74, 6) is -1.20. The van der Waals surface area contributed by atoms with Gasteiger partial charge < -0.3 is 5.32 Å². The Labute approximate surface area is 122 Å². The molecule has 1 aromatic rings. The molecule has 114 valence electrons. The number of nitrogens with one attached hydrogen (secondary N) is 1. The molecule has 20 heavy (non-hydrogen) atoms. The number of aryl methyl sites for hydroxylation is 2. The average molecular weight is 305 g/mol. The zero-order chi connectivity index (χ0) is 14.9. The van der Waals surface area contributed by atoms with Crippen LogP contribution in [0.25, 0.3) is 0 Å². The third-order valence-electron chi connectivity index (χ3n) is 4.20. The van der Waals surface area contributed by atoms with Gasteiger partial charge in [0.15, 0.2) is 0 Å². The van der Waals surface area contributed by atoms with E-state index >= 15 is 0 Å². The molecule has 0 spiro atoms. The predicted octanol–water partition coefficient (Wildman–Crippen LogP) is 5.14. The maximum absolute atomic E-state index is 13.1. The lowest BCUT2D eigenvalue weighted by Crippen LogP contribution is -2.46. The normalized spacial score (nSPS) is 25.7. The molecule has 1 heterocycles. The van der Waals surface area contributed by atoms with E-state index in [1.807, 2.05) is 20.8 Å². The fraction of sp³-hybridized carbons (Fsp3) is 0.733. The fourth-order valence-corrected chi connectivity index (χ4v) is 4.24. The summed E-state index contributed by atoms with van der Waals surface area (Å²) in [6, 6.07) is 1.62. The molecule has 0 aromatic carbocycles. The van der Waals surface area contributed by atoms with Gasteiger partial charge in [0, 0.05) is 21.8 Å². The van der Waals surface area contributed by atoms with E-state index < -0.39 is 18.1 Å². The van der Waals surface area contributed by atoms with Crippen LogP contribution >= 0.6 is 11.3 Å². The number of hydrogen-bond donors (Lipinski definition) is 1. The standard InChI is InChI=1S/C15H22F3NS/c1-9-8-12(11(3)20-9)10(2)19-14-7-5-4-6-13(14)15(16,17)18/h8,10,13-14,19H,4-7H2,1-3H3/t10-,13-,14+/m0/s1. The highest BCUT2D eigenvalue weighted by Gasteiger charge is 2.45. The maximum Gasteiger partial charge on any atom is 0.393 e. The molecule has 1 aliphatic carbocycles. The van der Waals surface area contributed by atoms with Crippen molar-refractivity contribution in [2.24, 2.45) is 5.92 Å². The minimum absolute atomic E-state index is 0.0205. The van der Waals surface area contributed by atoms with E-state index in [2.05, 4.69) is 11.4 Å². The highest BCUT2D eigenvalue weighted by Crippen LogP contribution is 2.39. The van der Waals surface area contributed by atoms with Crippen LogP contribution in [0.5, 0.6) is 0 Å². The van der Waals surface area contributed by atoms with E-state index in [0.29, 0.717) is 12.8 Å². The molecule has 1 aromatic heterocycles. The van der Waals surface area contributed by atoms with Crippen LogP contribution in [0.3, 0.4) is 0 Å². The molecule has 5 heteroatoms. The molecule has 0 radical (unpaired) electrons. The van der Waals surface area contributed by atoms with Crippen LogP contribution in [-0.4, -0.2) is 12.2 Å². The molecule has 1 aliphatic rings. The number of thiophene rings is 1. The fourth-order valence-electron chi connectivity index (χ4n) is 3.21.